The Labute approximate surface area is 121 Å². The molecule has 20 heavy (non-hydrogen) atoms. The van der Waals surface area contributed by atoms with E-state index in [0.717, 1.165) is 25.7 Å². The predicted molar refractivity (Wildman–Crippen MR) is 79.2 cm³/mol. The molecular formula is C17H25NO2. The van der Waals surface area contributed by atoms with E-state index in [0.29, 0.717) is 13.2 Å². The molecule has 0 aromatic heterocycles. The second-order valence-electron chi connectivity index (χ2n) is 6.55. The summed E-state index contributed by atoms with van der Waals surface area (Å²) in [7, 11) is 0. The molecule has 0 amide bonds. The summed E-state index contributed by atoms with van der Waals surface area (Å²) >= 11 is 0. The zero-order chi connectivity index (χ0) is 14.1. The van der Waals surface area contributed by atoms with E-state index in [1.165, 1.54) is 18.4 Å². The summed E-state index contributed by atoms with van der Waals surface area (Å²) < 4.78 is 5.91. The molecule has 3 nitrogen and oxygen atoms in total. The smallest absolute Gasteiger partial charge is 0.0765 e. The molecule has 0 heterocycles. The molecule has 0 atom stereocenters. The topological polar surface area (TPSA) is 55.5 Å². The highest BCUT2D eigenvalue weighted by Crippen LogP contribution is 2.55. The summed E-state index contributed by atoms with van der Waals surface area (Å²) in [5.74, 6) is 0. The quantitative estimate of drug-likeness (QED) is 0.868. The van der Waals surface area contributed by atoms with Crippen molar-refractivity contribution in [1.29, 1.82) is 0 Å². The zero-order valence-corrected chi connectivity index (χ0v) is 12.1. The van der Waals surface area contributed by atoms with Crippen molar-refractivity contribution >= 4 is 0 Å². The first-order valence-electron chi connectivity index (χ1n) is 7.75. The fourth-order valence-corrected chi connectivity index (χ4v) is 3.94. The minimum Gasteiger partial charge on any atom is -0.389 e. The van der Waals surface area contributed by atoms with Crippen molar-refractivity contribution in [3.8, 4) is 0 Å². The lowest BCUT2D eigenvalue weighted by atomic mass is 9.59. The summed E-state index contributed by atoms with van der Waals surface area (Å²) in [5.41, 5.74) is 6.54. The van der Waals surface area contributed by atoms with Crippen LogP contribution < -0.4 is 5.73 Å². The number of aliphatic hydroxyl groups is 1. The maximum Gasteiger partial charge on any atom is 0.0765 e. The molecule has 3 heteroatoms. The van der Waals surface area contributed by atoms with E-state index in [2.05, 4.69) is 12.1 Å². The van der Waals surface area contributed by atoms with Gasteiger partial charge in [0.2, 0.25) is 0 Å². The molecule has 1 aromatic carbocycles. The van der Waals surface area contributed by atoms with Gasteiger partial charge in [-0.25, -0.2) is 0 Å². The Kier molecular flexibility index (Phi) is 3.85. The highest BCUT2D eigenvalue weighted by atomic mass is 16.5. The molecule has 2 aliphatic rings. The Morgan fingerprint density at radius 3 is 2.40 bits per heavy atom. The number of hydrogen-bond donors (Lipinski definition) is 2. The van der Waals surface area contributed by atoms with Crippen LogP contribution in [-0.2, 0) is 11.3 Å². The van der Waals surface area contributed by atoms with Crippen LogP contribution in [0.25, 0.3) is 0 Å². The van der Waals surface area contributed by atoms with E-state index in [4.69, 9.17) is 10.5 Å². The molecular weight excluding hydrogens is 250 g/mol. The molecule has 2 saturated carbocycles. The second kappa shape index (κ2) is 5.47. The van der Waals surface area contributed by atoms with Crippen LogP contribution in [0.3, 0.4) is 0 Å². The summed E-state index contributed by atoms with van der Waals surface area (Å²) in [6.07, 6.45) is 6.24. The van der Waals surface area contributed by atoms with Crippen LogP contribution in [0.1, 0.15) is 44.1 Å². The van der Waals surface area contributed by atoms with E-state index in [9.17, 15) is 5.11 Å². The SMILES string of the molecule is NCC1(C2(O)CC(OCc3ccccc3)C2)CCCC1. The molecule has 110 valence electrons. The Bertz CT molecular complexity index is 434. The summed E-state index contributed by atoms with van der Waals surface area (Å²) in [4.78, 5) is 0. The monoisotopic (exact) mass is 275 g/mol. The summed E-state index contributed by atoms with van der Waals surface area (Å²) in [5, 5.41) is 10.9. The minimum atomic E-state index is -0.584. The van der Waals surface area contributed by atoms with E-state index in [-0.39, 0.29) is 11.5 Å². The van der Waals surface area contributed by atoms with Gasteiger partial charge in [0, 0.05) is 24.8 Å². The Balaban J connectivity index is 1.53. The van der Waals surface area contributed by atoms with Crippen LogP contribution in [-0.4, -0.2) is 23.4 Å². The van der Waals surface area contributed by atoms with Crippen molar-refractivity contribution in [3.63, 3.8) is 0 Å². The van der Waals surface area contributed by atoms with Gasteiger partial charge in [-0.15, -0.1) is 0 Å². The lowest BCUT2D eigenvalue weighted by Crippen LogP contribution is -2.61. The molecule has 0 saturated heterocycles. The van der Waals surface area contributed by atoms with Gasteiger partial charge in [0.05, 0.1) is 18.3 Å². The maximum absolute atomic E-state index is 10.9. The molecule has 3 N–H and O–H groups in total. The average molecular weight is 275 g/mol. The second-order valence-corrected chi connectivity index (χ2v) is 6.55. The molecule has 0 bridgehead atoms. The Morgan fingerprint density at radius 2 is 1.80 bits per heavy atom. The first-order valence-corrected chi connectivity index (χ1v) is 7.75. The molecule has 1 aromatic rings. The molecule has 2 aliphatic carbocycles. The molecule has 0 aliphatic heterocycles. The first-order chi connectivity index (χ1) is 9.67. The van der Waals surface area contributed by atoms with E-state index in [1.54, 1.807) is 0 Å². The molecule has 0 radical (unpaired) electrons. The van der Waals surface area contributed by atoms with Crippen molar-refractivity contribution in [1.82, 2.24) is 0 Å². The molecule has 2 fully saturated rings. The van der Waals surface area contributed by atoms with Crippen LogP contribution in [0.4, 0.5) is 0 Å². The summed E-state index contributed by atoms with van der Waals surface area (Å²) in [6.45, 7) is 1.24. The largest absolute Gasteiger partial charge is 0.389 e. The van der Waals surface area contributed by atoms with Crippen molar-refractivity contribution in [2.45, 2.75) is 56.8 Å². The van der Waals surface area contributed by atoms with Gasteiger partial charge in [0.25, 0.3) is 0 Å². The lowest BCUT2D eigenvalue weighted by molar-refractivity contribution is -0.202. The van der Waals surface area contributed by atoms with Gasteiger partial charge < -0.3 is 15.6 Å². The van der Waals surface area contributed by atoms with Gasteiger partial charge in [-0.2, -0.15) is 0 Å². The van der Waals surface area contributed by atoms with Crippen molar-refractivity contribution in [2.75, 3.05) is 6.54 Å². The van der Waals surface area contributed by atoms with Gasteiger partial charge in [0.15, 0.2) is 0 Å². The molecule has 0 spiro atoms. The highest BCUT2D eigenvalue weighted by molar-refractivity contribution is 5.14. The Morgan fingerprint density at radius 1 is 1.15 bits per heavy atom. The zero-order valence-electron chi connectivity index (χ0n) is 12.1. The Hall–Kier alpha value is -0.900. The van der Waals surface area contributed by atoms with Crippen LogP contribution in [0, 0.1) is 5.41 Å². The van der Waals surface area contributed by atoms with Gasteiger partial charge in [0.1, 0.15) is 0 Å². The van der Waals surface area contributed by atoms with Crippen LogP contribution in [0.2, 0.25) is 0 Å². The average Bonchev–Trinajstić information content (AvgIpc) is 2.94. The van der Waals surface area contributed by atoms with Crippen LogP contribution in [0.5, 0.6) is 0 Å². The molecule has 0 unspecified atom stereocenters. The molecule has 3 rings (SSSR count). The van der Waals surface area contributed by atoms with Crippen LogP contribution in [0.15, 0.2) is 30.3 Å². The van der Waals surface area contributed by atoms with Crippen LogP contribution >= 0.6 is 0 Å². The number of hydrogen-bond acceptors (Lipinski definition) is 3. The first kappa shape index (κ1) is 14.1. The van der Waals surface area contributed by atoms with Gasteiger partial charge in [-0.1, -0.05) is 43.2 Å². The predicted octanol–water partition coefficient (Wildman–Crippen LogP) is 2.62. The van der Waals surface area contributed by atoms with Gasteiger partial charge in [-0.05, 0) is 18.4 Å². The normalized spacial score (nSPS) is 32.0. The van der Waals surface area contributed by atoms with Crippen molar-refractivity contribution in [3.05, 3.63) is 35.9 Å². The third-order valence-electron chi connectivity index (χ3n) is 5.40. The minimum absolute atomic E-state index is 0.0421. The van der Waals surface area contributed by atoms with Crippen molar-refractivity contribution in [2.24, 2.45) is 11.1 Å². The fourth-order valence-electron chi connectivity index (χ4n) is 3.94. The van der Waals surface area contributed by atoms with E-state index in [1.807, 2.05) is 18.2 Å². The standard InChI is InChI=1S/C17H25NO2/c18-13-16(8-4-5-9-16)17(19)10-15(11-17)20-12-14-6-2-1-3-7-14/h1-3,6-7,15,19H,4-5,8-13,18H2. The van der Waals surface area contributed by atoms with Crippen molar-refractivity contribution < 1.29 is 9.84 Å². The summed E-state index contributed by atoms with van der Waals surface area (Å²) in [6, 6.07) is 10.2. The number of benzene rings is 1. The maximum atomic E-state index is 10.9. The lowest BCUT2D eigenvalue weighted by Gasteiger charge is -2.54. The van der Waals surface area contributed by atoms with Gasteiger partial charge >= 0.3 is 0 Å². The van der Waals surface area contributed by atoms with E-state index < -0.39 is 5.60 Å². The number of rotatable bonds is 5. The highest BCUT2D eigenvalue weighted by Gasteiger charge is 2.57. The third kappa shape index (κ3) is 2.39. The number of nitrogens with two attached hydrogens (primary N) is 1. The fraction of sp³-hybridized carbons (Fsp3) is 0.647. The van der Waals surface area contributed by atoms with E-state index >= 15 is 0 Å². The van der Waals surface area contributed by atoms with Gasteiger partial charge in [-0.3, -0.25) is 0 Å². The third-order valence-corrected chi connectivity index (χ3v) is 5.40. The number of ether oxygens (including phenoxy) is 1.